The summed E-state index contributed by atoms with van der Waals surface area (Å²) in [5, 5.41) is 9.36. The van der Waals surface area contributed by atoms with E-state index in [1.165, 1.54) is 0 Å². The molecule has 0 unspecified atom stereocenters. The first-order valence-electron chi connectivity index (χ1n) is 5.23. The molecule has 2 aromatic rings. The molecule has 0 spiro atoms. The number of aliphatic hydroxyl groups is 1. The summed E-state index contributed by atoms with van der Waals surface area (Å²) in [7, 11) is 0. The van der Waals surface area contributed by atoms with Crippen LogP contribution in [0.5, 0.6) is 11.6 Å². The van der Waals surface area contributed by atoms with E-state index in [0.29, 0.717) is 11.6 Å². The molecular formula is C13H12BrNO2. The Balaban J connectivity index is 2.17. The highest BCUT2D eigenvalue weighted by Gasteiger charge is 2.04. The fraction of sp³-hybridized carbons (Fsp3) is 0.154. The topological polar surface area (TPSA) is 42.4 Å². The smallest absolute Gasteiger partial charge is 0.219 e. The van der Waals surface area contributed by atoms with Crippen LogP contribution in [0.25, 0.3) is 0 Å². The molecule has 1 aromatic carbocycles. The van der Waals surface area contributed by atoms with Crippen molar-refractivity contribution in [3.05, 3.63) is 52.6 Å². The molecule has 0 aliphatic carbocycles. The maximum atomic E-state index is 9.36. The van der Waals surface area contributed by atoms with E-state index in [4.69, 9.17) is 4.74 Å². The molecule has 1 atom stereocenters. The summed E-state index contributed by atoms with van der Waals surface area (Å²) in [6.07, 6.45) is 1.09. The van der Waals surface area contributed by atoms with Gasteiger partial charge in [0.2, 0.25) is 5.88 Å². The molecule has 0 fully saturated rings. The van der Waals surface area contributed by atoms with Gasteiger partial charge in [-0.25, -0.2) is 4.98 Å². The van der Waals surface area contributed by atoms with Crippen molar-refractivity contribution in [1.82, 2.24) is 4.98 Å². The number of rotatable bonds is 3. The van der Waals surface area contributed by atoms with Gasteiger partial charge in [0.15, 0.2) is 0 Å². The second-order valence-electron chi connectivity index (χ2n) is 3.64. The second kappa shape index (κ2) is 5.29. The summed E-state index contributed by atoms with van der Waals surface area (Å²) in [6, 6.07) is 11.1. The second-order valence-corrected chi connectivity index (χ2v) is 4.49. The van der Waals surface area contributed by atoms with Gasteiger partial charge in [-0.1, -0.05) is 12.1 Å². The molecule has 0 aliphatic rings. The van der Waals surface area contributed by atoms with Crippen LogP contribution in [0.4, 0.5) is 0 Å². The molecule has 4 heteroatoms. The average molecular weight is 294 g/mol. The Morgan fingerprint density at radius 1 is 1.24 bits per heavy atom. The molecule has 3 nitrogen and oxygen atoms in total. The van der Waals surface area contributed by atoms with Crippen molar-refractivity contribution in [3.63, 3.8) is 0 Å². The van der Waals surface area contributed by atoms with E-state index in [9.17, 15) is 5.11 Å². The average Bonchev–Trinajstić information content (AvgIpc) is 2.33. The number of halogens is 1. The molecule has 88 valence electrons. The summed E-state index contributed by atoms with van der Waals surface area (Å²) >= 11 is 3.40. The first kappa shape index (κ1) is 12.1. The van der Waals surface area contributed by atoms with Crippen molar-refractivity contribution in [2.45, 2.75) is 13.0 Å². The minimum atomic E-state index is -0.514. The number of pyridine rings is 1. The van der Waals surface area contributed by atoms with Gasteiger partial charge in [0.05, 0.1) is 10.6 Å². The van der Waals surface area contributed by atoms with Crippen LogP contribution in [0.3, 0.4) is 0 Å². The molecule has 0 radical (unpaired) electrons. The minimum Gasteiger partial charge on any atom is -0.438 e. The highest BCUT2D eigenvalue weighted by atomic mass is 79.9. The zero-order valence-corrected chi connectivity index (χ0v) is 10.9. The zero-order chi connectivity index (χ0) is 12.3. The van der Waals surface area contributed by atoms with Crippen molar-refractivity contribution >= 4 is 15.9 Å². The molecule has 2 rings (SSSR count). The Labute approximate surface area is 108 Å². The van der Waals surface area contributed by atoms with Gasteiger partial charge < -0.3 is 9.84 Å². The van der Waals surface area contributed by atoms with Gasteiger partial charge in [-0.3, -0.25) is 0 Å². The lowest BCUT2D eigenvalue weighted by molar-refractivity contribution is 0.198. The number of aromatic nitrogens is 1. The molecule has 1 N–H and O–H groups in total. The summed E-state index contributed by atoms with van der Waals surface area (Å²) in [5.74, 6) is 1.21. The monoisotopic (exact) mass is 293 g/mol. The van der Waals surface area contributed by atoms with Crippen LogP contribution < -0.4 is 4.74 Å². The maximum Gasteiger partial charge on any atom is 0.219 e. The Kier molecular flexibility index (Phi) is 3.76. The summed E-state index contributed by atoms with van der Waals surface area (Å²) < 4.78 is 6.48. The molecule has 0 saturated carbocycles. The Bertz CT molecular complexity index is 497. The molecule has 0 amide bonds. The molecule has 0 aliphatic heterocycles. The van der Waals surface area contributed by atoms with E-state index in [1.807, 2.05) is 24.3 Å². The first-order valence-corrected chi connectivity index (χ1v) is 6.02. The minimum absolute atomic E-state index is 0.501. The zero-order valence-electron chi connectivity index (χ0n) is 9.30. The first-order chi connectivity index (χ1) is 8.16. The fourth-order valence-electron chi connectivity index (χ4n) is 1.34. The number of ether oxygens (including phenoxy) is 1. The number of para-hydroxylation sites is 1. The largest absolute Gasteiger partial charge is 0.438 e. The lowest BCUT2D eigenvalue weighted by Crippen LogP contribution is -1.93. The number of hydrogen-bond donors (Lipinski definition) is 1. The Morgan fingerprint density at radius 3 is 2.59 bits per heavy atom. The normalized spacial score (nSPS) is 12.2. The van der Waals surface area contributed by atoms with E-state index in [1.54, 1.807) is 25.3 Å². The van der Waals surface area contributed by atoms with Crippen LogP contribution in [0.15, 0.2) is 47.1 Å². The number of nitrogens with zero attached hydrogens (tertiary/aromatic N) is 1. The molecule has 1 aromatic heterocycles. The van der Waals surface area contributed by atoms with Gasteiger partial charge >= 0.3 is 0 Å². The van der Waals surface area contributed by atoms with Gasteiger partial charge in [0.25, 0.3) is 0 Å². The molecule has 0 bridgehead atoms. The Morgan fingerprint density at radius 2 is 2.00 bits per heavy atom. The van der Waals surface area contributed by atoms with E-state index in [2.05, 4.69) is 20.9 Å². The van der Waals surface area contributed by atoms with E-state index in [0.717, 1.165) is 10.0 Å². The molecular weight excluding hydrogens is 282 g/mol. The van der Waals surface area contributed by atoms with Gasteiger partial charge in [-0.2, -0.15) is 0 Å². The third-order valence-corrected chi connectivity index (χ3v) is 2.95. The van der Waals surface area contributed by atoms with Crippen LogP contribution in [0.1, 0.15) is 18.6 Å². The molecule has 0 saturated heterocycles. The van der Waals surface area contributed by atoms with Gasteiger partial charge in [0, 0.05) is 12.3 Å². The number of benzene rings is 1. The molecule has 17 heavy (non-hydrogen) atoms. The highest BCUT2D eigenvalue weighted by Crippen LogP contribution is 2.28. The van der Waals surface area contributed by atoms with Crippen molar-refractivity contribution in [1.29, 1.82) is 0 Å². The van der Waals surface area contributed by atoms with Crippen molar-refractivity contribution < 1.29 is 9.84 Å². The lowest BCUT2D eigenvalue weighted by Gasteiger charge is -2.08. The van der Waals surface area contributed by atoms with E-state index in [-0.39, 0.29) is 0 Å². The predicted octanol–water partition coefficient (Wildman–Crippen LogP) is 3.69. The van der Waals surface area contributed by atoms with Gasteiger partial charge in [-0.15, -0.1) is 0 Å². The van der Waals surface area contributed by atoms with Crippen LogP contribution in [0, 0.1) is 0 Å². The fourth-order valence-corrected chi connectivity index (χ4v) is 1.71. The van der Waals surface area contributed by atoms with Crippen LogP contribution in [-0.4, -0.2) is 10.1 Å². The standard InChI is InChI=1S/C13H12BrNO2/c1-9(16)10-6-7-13(15-8-10)17-12-5-3-2-4-11(12)14/h2-9,16H,1H3/t9-/m1/s1. The number of hydrogen-bond acceptors (Lipinski definition) is 3. The predicted molar refractivity (Wildman–Crippen MR) is 69.1 cm³/mol. The highest BCUT2D eigenvalue weighted by molar-refractivity contribution is 9.10. The van der Waals surface area contributed by atoms with E-state index >= 15 is 0 Å². The van der Waals surface area contributed by atoms with Gasteiger partial charge in [-0.05, 0) is 46.6 Å². The van der Waals surface area contributed by atoms with Crippen molar-refractivity contribution in [2.75, 3.05) is 0 Å². The van der Waals surface area contributed by atoms with Crippen LogP contribution in [0.2, 0.25) is 0 Å². The Hall–Kier alpha value is -1.39. The van der Waals surface area contributed by atoms with Crippen LogP contribution >= 0.6 is 15.9 Å². The third-order valence-electron chi connectivity index (χ3n) is 2.29. The summed E-state index contributed by atoms with van der Waals surface area (Å²) in [6.45, 7) is 1.70. The maximum absolute atomic E-state index is 9.36. The van der Waals surface area contributed by atoms with Crippen molar-refractivity contribution in [2.24, 2.45) is 0 Å². The number of aliphatic hydroxyl groups excluding tert-OH is 1. The lowest BCUT2D eigenvalue weighted by atomic mass is 10.2. The van der Waals surface area contributed by atoms with Gasteiger partial charge in [0.1, 0.15) is 5.75 Å². The quantitative estimate of drug-likeness (QED) is 0.938. The molecule has 1 heterocycles. The summed E-state index contributed by atoms with van der Waals surface area (Å²) in [5.41, 5.74) is 0.768. The summed E-state index contributed by atoms with van der Waals surface area (Å²) in [4.78, 5) is 4.13. The SMILES string of the molecule is C[C@@H](O)c1ccc(Oc2ccccc2Br)nc1. The van der Waals surface area contributed by atoms with Crippen molar-refractivity contribution in [3.8, 4) is 11.6 Å². The van der Waals surface area contributed by atoms with Crippen LogP contribution in [-0.2, 0) is 0 Å². The van der Waals surface area contributed by atoms with E-state index < -0.39 is 6.10 Å². The third kappa shape index (κ3) is 3.05.